The highest BCUT2D eigenvalue weighted by Crippen LogP contribution is 2.57. The highest BCUT2D eigenvalue weighted by atomic mass is 19.3. The van der Waals surface area contributed by atoms with E-state index in [-0.39, 0.29) is 37.1 Å². The minimum Gasteiger partial charge on any atom is -0.474 e. The van der Waals surface area contributed by atoms with Gasteiger partial charge in [-0.05, 0) is 49.3 Å². The number of pyridine rings is 1. The number of carbonyl (C=O) groups excluding carboxylic acids is 1. The zero-order valence-corrected chi connectivity index (χ0v) is 16.9. The number of nitrogens with two attached hydrogens (primary N) is 1. The minimum absolute atomic E-state index is 0.0245. The number of amides is 1. The van der Waals surface area contributed by atoms with Crippen LogP contribution in [0.1, 0.15) is 42.5 Å². The Kier molecular flexibility index (Phi) is 4.67. The molecule has 10 heteroatoms. The quantitative estimate of drug-likeness (QED) is 0.726. The Morgan fingerprint density at radius 2 is 2.00 bits per heavy atom. The van der Waals surface area contributed by atoms with Crippen LogP contribution in [0.5, 0.6) is 5.88 Å². The lowest BCUT2D eigenvalue weighted by atomic mass is 9.53. The van der Waals surface area contributed by atoms with E-state index in [0.29, 0.717) is 23.2 Å². The number of nitrogens with one attached hydrogen (secondary N) is 1. The molecule has 2 aliphatic carbocycles. The molecule has 1 saturated heterocycles. The number of carbonyl (C=O) groups is 1. The van der Waals surface area contributed by atoms with E-state index >= 15 is 0 Å². The Labute approximate surface area is 178 Å². The summed E-state index contributed by atoms with van der Waals surface area (Å²) in [5.74, 6) is -1.93. The maximum Gasteiger partial charge on any atom is 0.267 e. The number of anilines is 2. The van der Waals surface area contributed by atoms with Crippen molar-refractivity contribution < 1.29 is 18.3 Å². The van der Waals surface area contributed by atoms with Crippen LogP contribution in [-0.4, -0.2) is 52.0 Å². The number of rotatable bonds is 6. The summed E-state index contributed by atoms with van der Waals surface area (Å²) in [7, 11) is 0. The molecule has 0 bridgehead atoms. The summed E-state index contributed by atoms with van der Waals surface area (Å²) in [4.78, 5) is 25.7. The second kappa shape index (κ2) is 7.28. The third-order valence-electron chi connectivity index (χ3n) is 6.44. The molecule has 3 heterocycles. The molecule has 0 unspecified atom stereocenters. The van der Waals surface area contributed by atoms with E-state index in [0.717, 1.165) is 25.7 Å². The lowest BCUT2D eigenvalue weighted by Crippen LogP contribution is -2.56. The van der Waals surface area contributed by atoms with E-state index in [9.17, 15) is 13.6 Å². The summed E-state index contributed by atoms with van der Waals surface area (Å²) in [6, 6.07) is 5.31. The summed E-state index contributed by atoms with van der Waals surface area (Å²) >= 11 is 0. The first kappa shape index (κ1) is 19.9. The van der Waals surface area contributed by atoms with Crippen molar-refractivity contribution in [3.63, 3.8) is 0 Å². The maximum absolute atomic E-state index is 13.5. The smallest absolute Gasteiger partial charge is 0.267 e. The van der Waals surface area contributed by atoms with Gasteiger partial charge >= 0.3 is 0 Å². The molecule has 1 spiro atoms. The van der Waals surface area contributed by atoms with Crippen molar-refractivity contribution in [2.24, 2.45) is 11.1 Å². The summed E-state index contributed by atoms with van der Waals surface area (Å²) in [6.07, 6.45) is 6.82. The first-order chi connectivity index (χ1) is 14.8. The van der Waals surface area contributed by atoms with E-state index in [1.807, 2.05) is 0 Å². The number of alkyl halides is 2. The Bertz CT molecular complexity index is 989. The van der Waals surface area contributed by atoms with Crippen LogP contribution in [0, 0.1) is 5.41 Å². The van der Waals surface area contributed by atoms with E-state index in [4.69, 9.17) is 10.5 Å². The van der Waals surface area contributed by atoms with Gasteiger partial charge in [0.25, 0.3) is 11.8 Å². The van der Waals surface area contributed by atoms with Crippen molar-refractivity contribution in [1.82, 2.24) is 15.0 Å². The van der Waals surface area contributed by atoms with Gasteiger partial charge in [-0.15, -0.1) is 0 Å². The van der Waals surface area contributed by atoms with Crippen molar-refractivity contribution in [2.75, 3.05) is 23.3 Å². The number of ether oxygens (including phenoxy) is 1. The average Bonchev–Trinajstić information content (AvgIpc) is 3.05. The molecule has 8 nitrogen and oxygen atoms in total. The van der Waals surface area contributed by atoms with Gasteiger partial charge in [0.15, 0.2) is 0 Å². The highest BCUT2D eigenvalue weighted by Gasteiger charge is 2.54. The predicted molar refractivity (Wildman–Crippen MR) is 109 cm³/mol. The fraction of sp³-hybridized carbons (Fsp3) is 0.524. The van der Waals surface area contributed by atoms with Gasteiger partial charge in [-0.25, -0.2) is 18.7 Å². The molecular weight excluding hydrogens is 406 g/mol. The zero-order valence-electron chi connectivity index (χ0n) is 16.9. The summed E-state index contributed by atoms with van der Waals surface area (Å²) in [5, 5.41) is 3.40. The number of hydrogen-bond acceptors (Lipinski definition) is 7. The second-order valence-corrected chi connectivity index (χ2v) is 8.89. The zero-order chi connectivity index (χ0) is 21.6. The molecule has 2 aromatic rings. The van der Waals surface area contributed by atoms with Gasteiger partial charge in [0, 0.05) is 31.4 Å². The molecule has 2 aromatic heterocycles. The van der Waals surface area contributed by atoms with Gasteiger partial charge in [0.2, 0.25) is 11.8 Å². The average molecular weight is 430 g/mol. The Balaban J connectivity index is 1.12. The van der Waals surface area contributed by atoms with Crippen LogP contribution in [0.2, 0.25) is 0 Å². The summed E-state index contributed by atoms with van der Waals surface area (Å²) < 4.78 is 32.8. The lowest BCUT2D eigenvalue weighted by molar-refractivity contribution is -0.0759. The Hall–Kier alpha value is -3.04. The van der Waals surface area contributed by atoms with Crippen molar-refractivity contribution in [3.8, 4) is 5.88 Å². The molecule has 3 aliphatic rings. The fourth-order valence-corrected chi connectivity index (χ4v) is 4.94. The Morgan fingerprint density at radius 1 is 1.19 bits per heavy atom. The molecule has 0 atom stereocenters. The van der Waals surface area contributed by atoms with Crippen LogP contribution >= 0.6 is 0 Å². The van der Waals surface area contributed by atoms with Crippen LogP contribution in [0.4, 0.5) is 20.5 Å². The number of primary amides is 1. The van der Waals surface area contributed by atoms with Crippen molar-refractivity contribution in [1.29, 1.82) is 0 Å². The number of hydrogen-bond donors (Lipinski definition) is 2. The van der Waals surface area contributed by atoms with Gasteiger partial charge in [-0.3, -0.25) is 4.79 Å². The first-order valence-electron chi connectivity index (χ1n) is 10.4. The molecule has 0 radical (unpaired) electrons. The first-order valence-corrected chi connectivity index (χ1v) is 10.4. The largest absolute Gasteiger partial charge is 0.474 e. The molecule has 1 aliphatic heterocycles. The van der Waals surface area contributed by atoms with Crippen LogP contribution in [-0.2, 0) is 0 Å². The third kappa shape index (κ3) is 3.98. The van der Waals surface area contributed by atoms with E-state index in [1.54, 1.807) is 30.6 Å². The molecule has 5 rings (SSSR count). The number of nitrogens with zero attached hydrogens (tertiary/aromatic N) is 4. The van der Waals surface area contributed by atoms with Gasteiger partial charge in [0.05, 0.1) is 6.54 Å². The van der Waals surface area contributed by atoms with Crippen molar-refractivity contribution in [3.05, 3.63) is 36.2 Å². The van der Waals surface area contributed by atoms with Crippen molar-refractivity contribution >= 4 is 17.7 Å². The number of halogens is 2. The van der Waals surface area contributed by atoms with Gasteiger partial charge in [-0.1, -0.05) is 0 Å². The maximum atomic E-state index is 13.5. The van der Waals surface area contributed by atoms with E-state index in [1.165, 1.54) is 4.90 Å². The molecular formula is C21H24F2N6O2. The van der Waals surface area contributed by atoms with Crippen LogP contribution in [0.3, 0.4) is 0 Å². The van der Waals surface area contributed by atoms with E-state index < -0.39 is 11.8 Å². The van der Waals surface area contributed by atoms with Crippen LogP contribution in [0.25, 0.3) is 0 Å². The number of aromatic nitrogens is 3. The fourth-order valence-electron chi connectivity index (χ4n) is 4.94. The third-order valence-corrected chi connectivity index (χ3v) is 6.44. The SMILES string of the molecule is NC(=O)c1cccnc1OC1CC2(CC(Nc3ccnc(N4CCC(F)(F)C4)n3)C2)C1. The minimum atomic E-state index is -2.68. The molecule has 3 N–H and O–H groups in total. The summed E-state index contributed by atoms with van der Waals surface area (Å²) in [6.45, 7) is -0.0732. The second-order valence-electron chi connectivity index (χ2n) is 8.89. The molecule has 0 aromatic carbocycles. The monoisotopic (exact) mass is 430 g/mol. The summed E-state index contributed by atoms with van der Waals surface area (Å²) in [5.41, 5.74) is 5.91. The van der Waals surface area contributed by atoms with Gasteiger partial charge in [0.1, 0.15) is 17.5 Å². The van der Waals surface area contributed by atoms with Gasteiger partial charge < -0.3 is 20.7 Å². The normalized spacial score (nSPS) is 28.6. The molecule has 1 amide bonds. The lowest BCUT2D eigenvalue weighted by Gasteiger charge is -2.57. The van der Waals surface area contributed by atoms with Gasteiger partial charge in [-0.2, -0.15) is 4.98 Å². The Morgan fingerprint density at radius 3 is 2.71 bits per heavy atom. The standard InChI is InChI=1S/C21H24F2N6O2/c22-21(23)4-7-29(12-21)19-26-6-3-16(28-19)27-13-8-20(9-13)10-14(11-20)31-18-15(17(24)30)2-1-5-25-18/h1-3,5-6,13-14H,4,7-12H2,(H2,24,30)(H,26,27,28). The molecule has 2 saturated carbocycles. The highest BCUT2D eigenvalue weighted by molar-refractivity contribution is 5.94. The predicted octanol–water partition coefficient (Wildman–Crippen LogP) is 2.62. The van der Waals surface area contributed by atoms with Crippen LogP contribution in [0.15, 0.2) is 30.6 Å². The topological polar surface area (TPSA) is 106 Å². The van der Waals surface area contributed by atoms with E-state index in [2.05, 4.69) is 20.3 Å². The molecule has 164 valence electrons. The van der Waals surface area contributed by atoms with Crippen molar-refractivity contribution in [2.45, 2.75) is 50.2 Å². The molecule has 3 fully saturated rings. The van der Waals surface area contributed by atoms with Crippen LogP contribution < -0.4 is 20.7 Å². The molecule has 31 heavy (non-hydrogen) atoms.